The number of methoxy groups -OCH3 is 1. The predicted octanol–water partition coefficient (Wildman–Crippen LogP) is 4.04. The number of aromatic nitrogens is 1. The van der Waals surface area contributed by atoms with Gasteiger partial charge in [0.05, 0.1) is 36.1 Å². The number of fused-ring (bicyclic) bond motifs is 2. The molecule has 1 amide bonds. The Balaban J connectivity index is 1.75. The van der Waals surface area contributed by atoms with Crippen LogP contribution >= 0.6 is 0 Å². The van der Waals surface area contributed by atoms with Crippen LogP contribution in [0.2, 0.25) is 0 Å². The number of rotatable bonds is 3. The number of hydrogen-bond acceptors (Lipinski definition) is 4. The molecule has 2 N–H and O–H groups in total. The van der Waals surface area contributed by atoms with Gasteiger partial charge in [0.15, 0.2) is 0 Å². The molecule has 28 heavy (non-hydrogen) atoms. The molecule has 6 heteroatoms. The lowest BCUT2D eigenvalue weighted by atomic mass is 9.98. The zero-order chi connectivity index (χ0) is 19.4. The molecule has 0 bridgehead atoms. The highest BCUT2D eigenvalue weighted by molar-refractivity contribution is 6.12. The fraction of sp³-hybridized carbons (Fsp3) is 0.0909. The van der Waals surface area contributed by atoms with Gasteiger partial charge in [-0.2, -0.15) is 0 Å². The third-order valence-electron chi connectivity index (χ3n) is 5.20. The summed E-state index contributed by atoms with van der Waals surface area (Å²) in [6, 6.07) is 9.85. The van der Waals surface area contributed by atoms with Crippen molar-refractivity contribution in [2.45, 2.75) is 6.54 Å². The van der Waals surface area contributed by atoms with Crippen LogP contribution in [0.1, 0.15) is 16.1 Å². The van der Waals surface area contributed by atoms with Crippen LogP contribution in [0.15, 0.2) is 60.3 Å². The molecule has 0 saturated carbocycles. The van der Waals surface area contributed by atoms with E-state index in [9.17, 15) is 9.18 Å². The summed E-state index contributed by atoms with van der Waals surface area (Å²) in [5, 5.41) is 0.663. The summed E-state index contributed by atoms with van der Waals surface area (Å²) in [5.41, 5.74) is 10.6. The number of ether oxygens (including phenoxy) is 1. The number of hydrogen-bond donors (Lipinski definition) is 1. The van der Waals surface area contributed by atoms with Crippen LogP contribution < -0.4 is 10.5 Å². The van der Waals surface area contributed by atoms with Gasteiger partial charge in [-0.1, -0.05) is 24.3 Å². The zero-order valence-electron chi connectivity index (χ0n) is 15.1. The van der Waals surface area contributed by atoms with E-state index in [1.807, 2.05) is 36.4 Å². The Bertz CT molecular complexity index is 1230. The standard InChI is InChI=1S/C22H16FN3O2/c1-28-18-9-8-12(23)10-16(18)14-6-3-7-15-20(24)19-17(25-21(14)15)11-26(22(19)27)13-4-2-5-13/h2-10H,11H2,1H3,(H2,24,25). The quantitative estimate of drug-likeness (QED) is 0.752. The molecule has 2 aromatic carbocycles. The number of nitrogens with two attached hydrogens (primary N) is 1. The lowest BCUT2D eigenvalue weighted by Gasteiger charge is -2.19. The van der Waals surface area contributed by atoms with Crippen LogP contribution in [-0.2, 0) is 6.54 Å². The second-order valence-electron chi connectivity index (χ2n) is 6.74. The van der Waals surface area contributed by atoms with E-state index in [-0.39, 0.29) is 11.7 Å². The highest BCUT2D eigenvalue weighted by atomic mass is 19.1. The highest BCUT2D eigenvalue weighted by Crippen LogP contribution is 2.40. The molecule has 5 nitrogen and oxygen atoms in total. The molecule has 0 unspecified atom stereocenters. The number of nitrogens with zero attached hydrogens (tertiary/aromatic N) is 2. The molecule has 0 fully saturated rings. The number of pyridine rings is 1. The van der Waals surface area contributed by atoms with E-state index in [1.54, 1.807) is 11.0 Å². The molecule has 1 aliphatic heterocycles. The number of allylic oxidation sites excluding steroid dienone is 3. The summed E-state index contributed by atoms with van der Waals surface area (Å²) in [5.74, 6) is 0.0236. The first-order valence-electron chi connectivity index (χ1n) is 8.83. The molecular formula is C22H16FN3O2. The molecule has 5 rings (SSSR count). The Kier molecular flexibility index (Phi) is 3.49. The lowest BCUT2D eigenvalue weighted by molar-refractivity contribution is 0.0831. The summed E-state index contributed by atoms with van der Waals surface area (Å²) in [7, 11) is 1.54. The predicted molar refractivity (Wildman–Crippen MR) is 105 cm³/mol. The Labute approximate surface area is 160 Å². The van der Waals surface area contributed by atoms with E-state index >= 15 is 0 Å². The molecule has 0 atom stereocenters. The highest BCUT2D eigenvalue weighted by Gasteiger charge is 2.34. The maximum Gasteiger partial charge on any atom is 0.262 e. The fourth-order valence-corrected chi connectivity index (χ4v) is 3.75. The number of amides is 1. The van der Waals surface area contributed by atoms with E-state index < -0.39 is 0 Å². The van der Waals surface area contributed by atoms with Gasteiger partial charge in [0.1, 0.15) is 11.6 Å². The first kappa shape index (κ1) is 16.5. The summed E-state index contributed by atoms with van der Waals surface area (Å²) in [4.78, 5) is 19.3. The zero-order valence-corrected chi connectivity index (χ0v) is 15.1. The fourth-order valence-electron chi connectivity index (χ4n) is 3.75. The number of carbonyl (C=O) groups excluding carboxylic acids is 1. The smallest absolute Gasteiger partial charge is 0.262 e. The van der Waals surface area contributed by atoms with Crippen LogP contribution in [0, 0.1) is 5.82 Å². The van der Waals surface area contributed by atoms with E-state index in [4.69, 9.17) is 15.5 Å². The van der Waals surface area contributed by atoms with Crippen molar-refractivity contribution in [3.05, 3.63) is 77.4 Å². The number of para-hydroxylation sites is 1. The van der Waals surface area contributed by atoms with Gasteiger partial charge in [-0.05, 0) is 30.4 Å². The second kappa shape index (κ2) is 5.92. The SMILES string of the molecule is COc1ccc(F)cc1-c1cccc2c(N)c3c(nc12)CN(C1=CC=C1)C3=O. The Morgan fingerprint density at radius 2 is 2.04 bits per heavy atom. The maximum absolute atomic E-state index is 13.9. The van der Waals surface area contributed by atoms with Crippen LogP contribution in [0.25, 0.3) is 22.0 Å². The van der Waals surface area contributed by atoms with Gasteiger partial charge in [-0.3, -0.25) is 4.79 Å². The third kappa shape index (κ3) is 2.24. The molecule has 2 aliphatic rings. The van der Waals surface area contributed by atoms with Gasteiger partial charge in [-0.25, -0.2) is 9.37 Å². The minimum Gasteiger partial charge on any atom is -0.496 e. The van der Waals surface area contributed by atoms with Crippen molar-refractivity contribution < 1.29 is 13.9 Å². The van der Waals surface area contributed by atoms with Gasteiger partial charge in [0.25, 0.3) is 5.91 Å². The van der Waals surface area contributed by atoms with Gasteiger partial charge < -0.3 is 15.4 Å². The number of anilines is 1. The number of carbonyl (C=O) groups is 1. The van der Waals surface area contributed by atoms with Crippen LogP contribution in [-0.4, -0.2) is 22.9 Å². The van der Waals surface area contributed by atoms with E-state index in [0.717, 1.165) is 5.70 Å². The first-order valence-corrected chi connectivity index (χ1v) is 8.83. The Morgan fingerprint density at radius 3 is 2.75 bits per heavy atom. The van der Waals surface area contributed by atoms with Gasteiger partial charge in [0.2, 0.25) is 0 Å². The Hall–Kier alpha value is -3.67. The molecule has 3 aromatic rings. The summed E-state index contributed by atoms with van der Waals surface area (Å²) >= 11 is 0. The average molecular weight is 373 g/mol. The number of nitrogen functional groups attached to an aromatic ring is 1. The van der Waals surface area contributed by atoms with Crippen LogP contribution in [0.3, 0.4) is 0 Å². The lowest BCUT2D eigenvalue weighted by Crippen LogP contribution is -2.24. The molecule has 138 valence electrons. The van der Waals surface area contributed by atoms with E-state index in [0.29, 0.717) is 51.3 Å². The molecule has 1 aromatic heterocycles. The van der Waals surface area contributed by atoms with E-state index in [1.165, 1.54) is 19.2 Å². The first-order chi connectivity index (χ1) is 13.6. The number of halogens is 1. The largest absolute Gasteiger partial charge is 0.496 e. The average Bonchev–Trinajstić information content (AvgIpc) is 2.96. The molecule has 2 heterocycles. The van der Waals surface area contributed by atoms with Crippen LogP contribution in [0.4, 0.5) is 10.1 Å². The van der Waals surface area contributed by atoms with Gasteiger partial charge in [0, 0.05) is 22.2 Å². The second-order valence-corrected chi connectivity index (χ2v) is 6.74. The van der Waals surface area contributed by atoms with Crippen molar-refractivity contribution in [1.29, 1.82) is 0 Å². The van der Waals surface area contributed by atoms with Crippen molar-refractivity contribution >= 4 is 22.5 Å². The monoisotopic (exact) mass is 373 g/mol. The van der Waals surface area contributed by atoms with Crippen molar-refractivity contribution in [2.24, 2.45) is 0 Å². The normalized spacial score (nSPS) is 14.9. The van der Waals surface area contributed by atoms with Crippen LogP contribution in [0.5, 0.6) is 5.75 Å². The van der Waals surface area contributed by atoms with Crippen molar-refractivity contribution in [3.8, 4) is 16.9 Å². The minimum absolute atomic E-state index is 0.147. The summed E-state index contributed by atoms with van der Waals surface area (Å²) < 4.78 is 19.4. The maximum atomic E-state index is 13.9. The van der Waals surface area contributed by atoms with Crippen molar-refractivity contribution in [3.63, 3.8) is 0 Å². The minimum atomic E-state index is -0.369. The number of benzene rings is 2. The topological polar surface area (TPSA) is 68.5 Å². The molecule has 0 radical (unpaired) electrons. The molecular weight excluding hydrogens is 357 g/mol. The summed E-state index contributed by atoms with van der Waals surface area (Å²) in [6.45, 7) is 0.360. The van der Waals surface area contributed by atoms with Crippen molar-refractivity contribution in [1.82, 2.24) is 9.88 Å². The molecule has 0 saturated heterocycles. The van der Waals surface area contributed by atoms with Crippen molar-refractivity contribution in [2.75, 3.05) is 12.8 Å². The summed E-state index contributed by atoms with van der Waals surface area (Å²) in [6.07, 6.45) is 5.64. The van der Waals surface area contributed by atoms with Gasteiger partial charge >= 0.3 is 0 Å². The van der Waals surface area contributed by atoms with Gasteiger partial charge in [-0.15, -0.1) is 0 Å². The van der Waals surface area contributed by atoms with E-state index in [2.05, 4.69) is 0 Å². The third-order valence-corrected chi connectivity index (χ3v) is 5.20. The molecule has 0 spiro atoms. The Morgan fingerprint density at radius 1 is 1.21 bits per heavy atom. The molecule has 1 aliphatic carbocycles.